The number of amides is 2. The molecule has 33 heavy (non-hydrogen) atoms. The number of hydrogen-bond donors (Lipinski definition) is 2. The molecule has 0 bridgehead atoms. The zero-order valence-electron chi connectivity index (χ0n) is 18.6. The van der Waals surface area contributed by atoms with Gasteiger partial charge in [-0.2, -0.15) is 0 Å². The molecule has 6 heteroatoms. The fourth-order valence-electron chi connectivity index (χ4n) is 3.40. The highest BCUT2D eigenvalue weighted by molar-refractivity contribution is 6.04. The van der Waals surface area contributed by atoms with Gasteiger partial charge in [0, 0.05) is 16.8 Å². The van der Waals surface area contributed by atoms with E-state index >= 15 is 0 Å². The smallest absolute Gasteiger partial charge is 0.291 e. The van der Waals surface area contributed by atoms with Crippen LogP contribution >= 0.6 is 0 Å². The number of ether oxygens (including phenoxy) is 1. The topological polar surface area (TPSA) is 80.6 Å². The standard InChI is InChI=1S/C27H26N2O4/c1-3-18(2)19-8-14-23(15-9-19)32-17-26(30)28-21-10-12-22(13-11-21)29-27(31)25-16-20-6-4-5-7-24(20)33-25/h4-16,18H,3,17H2,1-2H3,(H,28,30)(H,29,31)/t18-/m1/s1. The van der Waals surface area contributed by atoms with Crippen LogP contribution in [0.4, 0.5) is 11.4 Å². The molecule has 0 fully saturated rings. The maximum absolute atomic E-state index is 12.5. The summed E-state index contributed by atoms with van der Waals surface area (Å²) in [5.41, 5.74) is 3.12. The van der Waals surface area contributed by atoms with Gasteiger partial charge in [-0.15, -0.1) is 0 Å². The van der Waals surface area contributed by atoms with E-state index in [-0.39, 0.29) is 24.2 Å². The van der Waals surface area contributed by atoms with Crippen LogP contribution in [0.5, 0.6) is 5.75 Å². The van der Waals surface area contributed by atoms with Crippen LogP contribution in [0.15, 0.2) is 83.3 Å². The van der Waals surface area contributed by atoms with E-state index in [4.69, 9.17) is 9.15 Å². The highest BCUT2D eigenvalue weighted by atomic mass is 16.5. The van der Waals surface area contributed by atoms with Crippen LogP contribution in [0.2, 0.25) is 0 Å². The van der Waals surface area contributed by atoms with Gasteiger partial charge < -0.3 is 19.8 Å². The zero-order chi connectivity index (χ0) is 23.2. The number of hydrogen-bond acceptors (Lipinski definition) is 4. The number of nitrogens with one attached hydrogen (secondary N) is 2. The van der Waals surface area contributed by atoms with Crippen LogP contribution in [0.3, 0.4) is 0 Å². The summed E-state index contributed by atoms with van der Waals surface area (Å²) >= 11 is 0. The lowest BCUT2D eigenvalue weighted by Gasteiger charge is -2.11. The quantitative estimate of drug-likeness (QED) is 0.340. The summed E-state index contributed by atoms with van der Waals surface area (Å²) in [4.78, 5) is 24.7. The third-order valence-corrected chi connectivity index (χ3v) is 5.51. The summed E-state index contributed by atoms with van der Waals surface area (Å²) in [5.74, 6) is 0.786. The Morgan fingerprint density at radius 2 is 1.58 bits per heavy atom. The Labute approximate surface area is 192 Å². The lowest BCUT2D eigenvalue weighted by atomic mass is 9.99. The monoisotopic (exact) mass is 442 g/mol. The number of carbonyl (C=O) groups is 2. The molecule has 0 spiro atoms. The number of benzene rings is 3. The molecule has 0 radical (unpaired) electrons. The first-order valence-corrected chi connectivity index (χ1v) is 10.9. The van der Waals surface area contributed by atoms with Gasteiger partial charge in [0.2, 0.25) is 0 Å². The predicted molar refractivity (Wildman–Crippen MR) is 130 cm³/mol. The summed E-state index contributed by atoms with van der Waals surface area (Å²) in [7, 11) is 0. The lowest BCUT2D eigenvalue weighted by Crippen LogP contribution is -2.20. The summed E-state index contributed by atoms with van der Waals surface area (Å²) in [6, 6.07) is 23.8. The molecule has 0 aliphatic heterocycles. The molecule has 0 unspecified atom stereocenters. The number of carbonyl (C=O) groups excluding carboxylic acids is 2. The maximum Gasteiger partial charge on any atom is 0.291 e. The molecule has 168 valence electrons. The van der Waals surface area contributed by atoms with E-state index in [1.165, 1.54) is 5.56 Å². The van der Waals surface area contributed by atoms with Gasteiger partial charge >= 0.3 is 0 Å². The highest BCUT2D eigenvalue weighted by Crippen LogP contribution is 2.22. The van der Waals surface area contributed by atoms with Gasteiger partial charge in [0.15, 0.2) is 12.4 Å². The second-order valence-corrected chi connectivity index (χ2v) is 7.90. The fourth-order valence-corrected chi connectivity index (χ4v) is 3.40. The third-order valence-electron chi connectivity index (χ3n) is 5.51. The third kappa shape index (κ3) is 5.60. The van der Waals surface area contributed by atoms with E-state index < -0.39 is 0 Å². The first-order valence-electron chi connectivity index (χ1n) is 10.9. The van der Waals surface area contributed by atoms with Crippen molar-refractivity contribution in [2.24, 2.45) is 0 Å². The normalized spacial score (nSPS) is 11.7. The molecule has 1 aromatic heterocycles. The Morgan fingerprint density at radius 3 is 2.24 bits per heavy atom. The van der Waals surface area contributed by atoms with E-state index in [0.717, 1.165) is 11.8 Å². The highest BCUT2D eigenvalue weighted by Gasteiger charge is 2.12. The predicted octanol–water partition coefficient (Wildman–Crippen LogP) is 6.22. The van der Waals surface area contributed by atoms with Crippen molar-refractivity contribution >= 4 is 34.2 Å². The van der Waals surface area contributed by atoms with Crippen LogP contribution in [0.25, 0.3) is 11.0 Å². The van der Waals surface area contributed by atoms with Gasteiger partial charge in [-0.3, -0.25) is 9.59 Å². The molecule has 0 saturated heterocycles. The lowest BCUT2D eigenvalue weighted by molar-refractivity contribution is -0.118. The largest absolute Gasteiger partial charge is 0.484 e. The van der Waals surface area contributed by atoms with E-state index in [1.54, 1.807) is 30.3 Å². The van der Waals surface area contributed by atoms with Gasteiger partial charge in [-0.1, -0.05) is 44.2 Å². The minimum Gasteiger partial charge on any atom is -0.484 e. The van der Waals surface area contributed by atoms with Crippen LogP contribution in [0, 0.1) is 0 Å². The van der Waals surface area contributed by atoms with Crippen molar-refractivity contribution in [3.05, 3.63) is 90.2 Å². The van der Waals surface area contributed by atoms with Crippen molar-refractivity contribution in [3.63, 3.8) is 0 Å². The van der Waals surface area contributed by atoms with Crippen LogP contribution in [-0.2, 0) is 4.79 Å². The number of para-hydroxylation sites is 1. The molecule has 0 saturated carbocycles. The Morgan fingerprint density at radius 1 is 0.909 bits per heavy atom. The summed E-state index contributed by atoms with van der Waals surface area (Å²) in [6.45, 7) is 4.24. The van der Waals surface area contributed by atoms with Gasteiger partial charge in [0.05, 0.1) is 0 Å². The Bertz CT molecular complexity index is 1210. The van der Waals surface area contributed by atoms with Crippen molar-refractivity contribution in [2.45, 2.75) is 26.2 Å². The summed E-state index contributed by atoms with van der Waals surface area (Å²) < 4.78 is 11.2. The van der Waals surface area contributed by atoms with E-state index in [2.05, 4.69) is 24.5 Å². The van der Waals surface area contributed by atoms with Gasteiger partial charge in [-0.25, -0.2) is 0 Å². The number of fused-ring (bicyclic) bond motifs is 1. The van der Waals surface area contributed by atoms with Crippen LogP contribution in [-0.4, -0.2) is 18.4 Å². The molecule has 2 N–H and O–H groups in total. The summed E-state index contributed by atoms with van der Waals surface area (Å²) in [6.07, 6.45) is 1.07. The number of furan rings is 1. The Kier molecular flexibility index (Phi) is 6.74. The van der Waals surface area contributed by atoms with E-state index in [1.807, 2.05) is 48.5 Å². The molecular weight excluding hydrogens is 416 g/mol. The average molecular weight is 443 g/mol. The molecule has 2 amide bonds. The molecule has 1 atom stereocenters. The Balaban J connectivity index is 1.28. The molecular formula is C27H26N2O4. The minimum atomic E-state index is -0.337. The maximum atomic E-state index is 12.5. The second kappa shape index (κ2) is 10.0. The molecule has 6 nitrogen and oxygen atoms in total. The molecule has 4 aromatic rings. The first-order chi connectivity index (χ1) is 16.0. The minimum absolute atomic E-state index is 0.0901. The van der Waals surface area contributed by atoms with Gasteiger partial charge in [0.1, 0.15) is 11.3 Å². The Hall–Kier alpha value is -4.06. The van der Waals surface area contributed by atoms with E-state index in [9.17, 15) is 9.59 Å². The molecule has 1 heterocycles. The number of rotatable bonds is 8. The summed E-state index contributed by atoms with van der Waals surface area (Å²) in [5, 5.41) is 6.45. The fraction of sp³-hybridized carbons (Fsp3) is 0.185. The molecule has 0 aliphatic carbocycles. The van der Waals surface area contributed by atoms with Gasteiger partial charge in [0.25, 0.3) is 11.8 Å². The van der Waals surface area contributed by atoms with Gasteiger partial charge in [-0.05, 0) is 66.4 Å². The van der Waals surface area contributed by atoms with E-state index in [0.29, 0.717) is 28.6 Å². The zero-order valence-corrected chi connectivity index (χ0v) is 18.6. The van der Waals surface area contributed by atoms with Crippen molar-refractivity contribution < 1.29 is 18.7 Å². The molecule has 4 rings (SSSR count). The van der Waals surface area contributed by atoms with Crippen molar-refractivity contribution in [1.29, 1.82) is 0 Å². The van der Waals surface area contributed by atoms with Crippen molar-refractivity contribution in [3.8, 4) is 5.75 Å². The number of anilines is 2. The van der Waals surface area contributed by atoms with Crippen molar-refractivity contribution in [2.75, 3.05) is 17.2 Å². The molecule has 3 aromatic carbocycles. The average Bonchev–Trinajstić information content (AvgIpc) is 3.28. The molecule has 0 aliphatic rings. The van der Waals surface area contributed by atoms with Crippen molar-refractivity contribution in [1.82, 2.24) is 0 Å². The SMILES string of the molecule is CC[C@@H](C)c1ccc(OCC(=O)Nc2ccc(NC(=O)c3cc4ccccc4o3)cc2)cc1. The van der Waals surface area contributed by atoms with Crippen LogP contribution < -0.4 is 15.4 Å². The first kappa shape index (κ1) is 22.1. The second-order valence-electron chi connectivity index (χ2n) is 7.90. The van der Waals surface area contributed by atoms with Crippen LogP contribution in [0.1, 0.15) is 42.3 Å².